The molecule has 1 amide bonds. The molecular weight excluding hydrogens is 432 g/mol. The molecule has 3 aromatic rings. The summed E-state index contributed by atoms with van der Waals surface area (Å²) in [5, 5.41) is 2.83. The SMILES string of the molecule is COc1cc(N2CN=c3sc(=C4C(=O)Nc5ccccc54)c(=O)n3C2)cc(OC)c1OC. The summed E-state index contributed by atoms with van der Waals surface area (Å²) >= 11 is 1.24. The highest BCUT2D eigenvalue weighted by Gasteiger charge is 2.28. The van der Waals surface area contributed by atoms with Crippen molar-refractivity contribution in [1.82, 2.24) is 4.57 Å². The summed E-state index contributed by atoms with van der Waals surface area (Å²) in [7, 11) is 4.65. The number of thiazole rings is 1. The largest absolute Gasteiger partial charge is 0.493 e. The molecule has 0 radical (unpaired) electrons. The van der Waals surface area contributed by atoms with Gasteiger partial charge >= 0.3 is 0 Å². The molecule has 1 aromatic heterocycles. The Bertz CT molecular complexity index is 1400. The number of rotatable bonds is 4. The Balaban J connectivity index is 1.60. The number of amides is 1. The molecule has 32 heavy (non-hydrogen) atoms. The summed E-state index contributed by atoms with van der Waals surface area (Å²) in [5.41, 5.74) is 2.36. The predicted molar refractivity (Wildman–Crippen MR) is 120 cm³/mol. The molecule has 1 N–H and O–H groups in total. The molecule has 0 fully saturated rings. The molecule has 9 nitrogen and oxygen atoms in total. The van der Waals surface area contributed by atoms with Crippen LogP contribution in [0.4, 0.5) is 11.4 Å². The molecule has 2 aromatic carbocycles. The standard InChI is InChI=1S/C22H20N4O5S/c1-29-15-8-12(9-16(30-2)18(15)31-3)25-10-23-22-26(11-25)21(28)19(32-22)17-13-6-4-5-7-14(13)24-20(17)27/h4-9H,10-11H2,1-3H3,(H,24,27). The highest BCUT2D eigenvalue weighted by molar-refractivity contribution is 7.07. The number of anilines is 2. The van der Waals surface area contributed by atoms with Crippen molar-refractivity contribution >= 4 is 34.2 Å². The van der Waals surface area contributed by atoms with Crippen LogP contribution < -0.4 is 39.3 Å². The third-order valence-corrected chi connectivity index (χ3v) is 6.58. The second-order valence-corrected chi connectivity index (χ2v) is 8.16. The van der Waals surface area contributed by atoms with Crippen molar-refractivity contribution < 1.29 is 19.0 Å². The average Bonchev–Trinajstić information content (AvgIpc) is 3.32. The molecule has 0 saturated carbocycles. The number of hydrogen-bond acceptors (Lipinski definition) is 8. The molecule has 0 saturated heterocycles. The van der Waals surface area contributed by atoms with Gasteiger partial charge in [-0.05, 0) is 6.07 Å². The first-order chi connectivity index (χ1) is 15.5. The highest BCUT2D eigenvalue weighted by atomic mass is 32.1. The van der Waals surface area contributed by atoms with Gasteiger partial charge in [0, 0.05) is 29.1 Å². The molecule has 0 unspecified atom stereocenters. The van der Waals surface area contributed by atoms with Crippen LogP contribution in [0.3, 0.4) is 0 Å². The Hall–Kier alpha value is -3.79. The molecule has 2 aliphatic heterocycles. The van der Waals surface area contributed by atoms with E-state index in [4.69, 9.17) is 14.2 Å². The van der Waals surface area contributed by atoms with Crippen LogP contribution in [0.2, 0.25) is 0 Å². The Labute approximate surface area is 186 Å². The molecule has 0 bridgehead atoms. The molecule has 2 aliphatic rings. The number of nitrogens with one attached hydrogen (secondary N) is 1. The number of carbonyl (C=O) groups is 1. The van der Waals surface area contributed by atoms with E-state index in [-0.39, 0.29) is 18.1 Å². The van der Waals surface area contributed by atoms with E-state index in [0.29, 0.717) is 44.5 Å². The lowest BCUT2D eigenvalue weighted by Crippen LogP contribution is -2.43. The van der Waals surface area contributed by atoms with E-state index in [1.54, 1.807) is 25.9 Å². The van der Waals surface area contributed by atoms with Gasteiger partial charge in [-0.3, -0.25) is 14.2 Å². The maximum atomic E-state index is 13.3. The van der Waals surface area contributed by atoms with E-state index < -0.39 is 0 Å². The zero-order valence-electron chi connectivity index (χ0n) is 17.7. The number of nitrogens with zero attached hydrogens (tertiary/aromatic N) is 3. The van der Waals surface area contributed by atoms with Crippen molar-refractivity contribution in [2.45, 2.75) is 6.67 Å². The topological polar surface area (TPSA) is 94.4 Å². The van der Waals surface area contributed by atoms with Gasteiger partial charge < -0.3 is 24.4 Å². The summed E-state index contributed by atoms with van der Waals surface area (Å²) in [6.07, 6.45) is 0. The molecule has 0 spiro atoms. The molecular formula is C22H20N4O5S. The maximum absolute atomic E-state index is 13.3. The van der Waals surface area contributed by atoms with Crippen LogP contribution in [0.25, 0.3) is 5.57 Å². The molecule has 5 rings (SSSR count). The van der Waals surface area contributed by atoms with E-state index >= 15 is 0 Å². The second kappa shape index (κ2) is 7.72. The minimum atomic E-state index is -0.274. The summed E-state index contributed by atoms with van der Waals surface area (Å²) < 4.78 is 18.2. The van der Waals surface area contributed by atoms with E-state index in [2.05, 4.69) is 10.3 Å². The lowest BCUT2D eigenvalue weighted by atomic mass is 10.1. The number of fused-ring (bicyclic) bond motifs is 2. The fourth-order valence-corrected chi connectivity index (χ4v) is 4.97. The summed E-state index contributed by atoms with van der Waals surface area (Å²) in [5.74, 6) is 1.25. The van der Waals surface area contributed by atoms with Crippen molar-refractivity contribution in [3.8, 4) is 17.2 Å². The molecule has 0 atom stereocenters. The number of methoxy groups -OCH3 is 3. The number of para-hydroxylation sites is 1. The van der Waals surface area contributed by atoms with Gasteiger partial charge in [0.15, 0.2) is 16.3 Å². The summed E-state index contributed by atoms with van der Waals surface area (Å²) in [6, 6.07) is 11.0. The van der Waals surface area contributed by atoms with Crippen LogP contribution in [0.15, 0.2) is 46.2 Å². The van der Waals surface area contributed by atoms with Gasteiger partial charge in [-0.15, -0.1) is 0 Å². The Kier molecular flexibility index (Phi) is 4.86. The van der Waals surface area contributed by atoms with E-state index in [1.165, 1.54) is 11.3 Å². The first-order valence-electron chi connectivity index (χ1n) is 9.80. The number of hydrogen-bond donors (Lipinski definition) is 1. The third-order valence-electron chi connectivity index (χ3n) is 5.47. The Morgan fingerprint density at radius 3 is 2.44 bits per heavy atom. The van der Waals surface area contributed by atoms with Crippen molar-refractivity contribution in [3.63, 3.8) is 0 Å². The van der Waals surface area contributed by atoms with Crippen LogP contribution in [0.5, 0.6) is 17.2 Å². The second-order valence-electron chi connectivity index (χ2n) is 7.19. The first kappa shape index (κ1) is 20.1. The third kappa shape index (κ3) is 3.02. The van der Waals surface area contributed by atoms with Crippen LogP contribution in [-0.2, 0) is 11.5 Å². The number of carbonyl (C=O) groups excluding carboxylic acids is 1. The fraction of sp³-hybridized carbons (Fsp3) is 0.227. The van der Waals surface area contributed by atoms with Gasteiger partial charge in [0.25, 0.3) is 11.5 Å². The molecule has 3 heterocycles. The van der Waals surface area contributed by atoms with Crippen molar-refractivity contribution in [3.05, 3.63) is 61.6 Å². The van der Waals surface area contributed by atoms with Crippen molar-refractivity contribution in [1.29, 1.82) is 0 Å². The quantitative estimate of drug-likeness (QED) is 0.638. The van der Waals surface area contributed by atoms with Crippen molar-refractivity contribution in [2.24, 2.45) is 4.99 Å². The fourth-order valence-electron chi connectivity index (χ4n) is 3.92. The van der Waals surface area contributed by atoms with E-state index in [9.17, 15) is 9.59 Å². The number of ether oxygens (including phenoxy) is 3. The smallest absolute Gasteiger partial charge is 0.272 e. The summed E-state index contributed by atoms with van der Waals surface area (Å²) in [4.78, 5) is 33.0. The van der Waals surface area contributed by atoms with Gasteiger partial charge in [-0.1, -0.05) is 29.5 Å². The van der Waals surface area contributed by atoms with Crippen LogP contribution in [0, 0.1) is 0 Å². The lowest BCUT2D eigenvalue weighted by molar-refractivity contribution is -0.110. The van der Waals surface area contributed by atoms with Gasteiger partial charge in [-0.25, -0.2) is 4.99 Å². The molecule has 0 aliphatic carbocycles. The van der Waals surface area contributed by atoms with Gasteiger partial charge in [0.05, 0.1) is 26.9 Å². The minimum absolute atomic E-state index is 0.243. The van der Waals surface area contributed by atoms with E-state index in [0.717, 1.165) is 11.3 Å². The van der Waals surface area contributed by atoms with Gasteiger partial charge in [0.1, 0.15) is 17.9 Å². The monoisotopic (exact) mass is 452 g/mol. The van der Waals surface area contributed by atoms with Crippen LogP contribution in [0.1, 0.15) is 5.56 Å². The highest BCUT2D eigenvalue weighted by Crippen LogP contribution is 2.41. The van der Waals surface area contributed by atoms with Crippen LogP contribution >= 0.6 is 11.3 Å². The average molecular weight is 452 g/mol. The van der Waals surface area contributed by atoms with Gasteiger partial charge in [0.2, 0.25) is 5.75 Å². The molecule has 10 heteroatoms. The van der Waals surface area contributed by atoms with Crippen molar-refractivity contribution in [2.75, 3.05) is 38.2 Å². The normalized spacial score (nSPS) is 16.1. The number of benzene rings is 2. The zero-order valence-corrected chi connectivity index (χ0v) is 18.5. The Morgan fingerprint density at radius 1 is 1.03 bits per heavy atom. The predicted octanol–water partition coefficient (Wildman–Crippen LogP) is 1.14. The zero-order chi connectivity index (χ0) is 22.4. The molecule has 164 valence electrons. The minimum Gasteiger partial charge on any atom is -0.493 e. The first-order valence-corrected chi connectivity index (χ1v) is 10.6. The maximum Gasteiger partial charge on any atom is 0.272 e. The van der Waals surface area contributed by atoms with E-state index in [1.807, 2.05) is 41.3 Å². The van der Waals surface area contributed by atoms with Gasteiger partial charge in [-0.2, -0.15) is 0 Å². The summed E-state index contributed by atoms with van der Waals surface area (Å²) in [6.45, 7) is 0.625. The number of aromatic nitrogens is 1. The van der Waals surface area contributed by atoms with Crippen LogP contribution in [-0.4, -0.2) is 38.5 Å². The Morgan fingerprint density at radius 2 is 1.75 bits per heavy atom. The lowest BCUT2D eigenvalue weighted by Gasteiger charge is -2.27.